The highest BCUT2D eigenvalue weighted by atomic mass is 32.2. The molecule has 0 saturated heterocycles. The number of thioether (sulfide) groups is 1. The number of rotatable bonds is 14. The summed E-state index contributed by atoms with van der Waals surface area (Å²) in [6.07, 6.45) is 2.19. The molecular formula is C36H37N3O5S. The summed E-state index contributed by atoms with van der Waals surface area (Å²) < 4.78 is 11.2. The van der Waals surface area contributed by atoms with Crippen LogP contribution >= 0.6 is 11.8 Å². The Morgan fingerprint density at radius 3 is 2.18 bits per heavy atom. The Morgan fingerprint density at radius 2 is 1.47 bits per heavy atom. The second-order valence-corrected chi connectivity index (χ2v) is 11.1. The molecule has 0 bridgehead atoms. The molecule has 4 rings (SSSR count). The summed E-state index contributed by atoms with van der Waals surface area (Å²) in [5.41, 5.74) is 2.32. The van der Waals surface area contributed by atoms with Crippen LogP contribution in [0.4, 0.5) is 11.4 Å². The molecule has 1 unspecified atom stereocenters. The van der Waals surface area contributed by atoms with E-state index < -0.39 is 11.8 Å². The Morgan fingerprint density at radius 1 is 0.756 bits per heavy atom. The van der Waals surface area contributed by atoms with Crippen LogP contribution in [-0.2, 0) is 9.59 Å². The number of hydrogen-bond acceptors (Lipinski definition) is 6. The van der Waals surface area contributed by atoms with Gasteiger partial charge in [0, 0.05) is 27.4 Å². The minimum atomic E-state index is -0.506. The minimum Gasteiger partial charge on any atom is -0.494 e. The van der Waals surface area contributed by atoms with Gasteiger partial charge in [0.2, 0.25) is 5.91 Å². The van der Waals surface area contributed by atoms with E-state index >= 15 is 0 Å². The van der Waals surface area contributed by atoms with E-state index in [1.165, 1.54) is 11.8 Å². The van der Waals surface area contributed by atoms with Crippen LogP contribution in [0.25, 0.3) is 6.08 Å². The third-order valence-electron chi connectivity index (χ3n) is 6.51. The Balaban J connectivity index is 1.50. The maximum Gasteiger partial charge on any atom is 0.272 e. The Kier molecular flexibility index (Phi) is 12.2. The average molecular weight is 624 g/mol. The molecule has 45 heavy (non-hydrogen) atoms. The fraction of sp³-hybridized carbons (Fsp3) is 0.194. The molecule has 0 radical (unpaired) electrons. The second-order valence-electron chi connectivity index (χ2n) is 9.79. The van der Waals surface area contributed by atoms with Gasteiger partial charge in [-0.05, 0) is 87.0 Å². The number of amides is 3. The summed E-state index contributed by atoms with van der Waals surface area (Å²) in [6, 6.07) is 30.5. The first kappa shape index (κ1) is 32.9. The maximum absolute atomic E-state index is 13.6. The van der Waals surface area contributed by atoms with Crippen molar-refractivity contribution in [3.8, 4) is 11.5 Å². The lowest BCUT2D eigenvalue weighted by molar-refractivity contribution is -0.116. The highest BCUT2D eigenvalue weighted by Crippen LogP contribution is 2.29. The molecule has 0 spiro atoms. The molecule has 232 valence electrons. The first-order valence-corrected chi connectivity index (χ1v) is 15.7. The van der Waals surface area contributed by atoms with E-state index in [1.807, 2.05) is 81.4 Å². The molecule has 4 aromatic rings. The third kappa shape index (κ3) is 9.74. The van der Waals surface area contributed by atoms with Crippen molar-refractivity contribution in [1.82, 2.24) is 5.32 Å². The fourth-order valence-corrected chi connectivity index (χ4v) is 5.35. The van der Waals surface area contributed by atoms with Gasteiger partial charge in [0.05, 0.1) is 18.5 Å². The van der Waals surface area contributed by atoms with Crippen LogP contribution in [0.3, 0.4) is 0 Å². The lowest BCUT2D eigenvalue weighted by Gasteiger charge is -2.16. The SMILES string of the molecule is CCOc1ccc(NC(=O)C(CC)Sc2cccc(NC(=O)/C(=C\c3ccccc3OCC)NC(=O)c3ccccc3)c2)cc1. The van der Waals surface area contributed by atoms with Crippen LogP contribution in [0.5, 0.6) is 11.5 Å². The van der Waals surface area contributed by atoms with E-state index in [-0.39, 0.29) is 16.9 Å². The summed E-state index contributed by atoms with van der Waals surface area (Å²) in [7, 11) is 0. The number of carbonyl (C=O) groups excluding carboxylic acids is 3. The minimum absolute atomic E-state index is 0.0511. The highest BCUT2D eigenvalue weighted by Gasteiger charge is 2.20. The van der Waals surface area contributed by atoms with Gasteiger partial charge < -0.3 is 25.4 Å². The van der Waals surface area contributed by atoms with Crippen molar-refractivity contribution in [2.45, 2.75) is 37.3 Å². The highest BCUT2D eigenvalue weighted by molar-refractivity contribution is 8.00. The first-order chi connectivity index (χ1) is 21.9. The van der Waals surface area contributed by atoms with Crippen molar-refractivity contribution in [2.24, 2.45) is 0 Å². The second kappa shape index (κ2) is 16.7. The summed E-state index contributed by atoms with van der Waals surface area (Å²) in [5.74, 6) is 0.286. The number of nitrogens with one attached hydrogen (secondary N) is 3. The molecule has 0 heterocycles. The van der Waals surface area contributed by atoms with Crippen molar-refractivity contribution < 1.29 is 23.9 Å². The molecule has 0 saturated carbocycles. The smallest absolute Gasteiger partial charge is 0.272 e. The summed E-state index contributed by atoms with van der Waals surface area (Å²) in [5, 5.41) is 8.27. The standard InChI is InChI=1S/C36H37N3O5S/c1-4-33(36(42)37-27-19-21-29(22-20-27)43-5-2)45-30-17-12-16-28(24-30)38-35(41)31(39-34(40)25-13-8-7-9-14-25)23-26-15-10-11-18-32(26)44-6-3/h7-24,33H,4-6H2,1-3H3,(H,37,42)(H,38,41)(H,39,40)/b31-23+. The topological polar surface area (TPSA) is 106 Å². The predicted octanol–water partition coefficient (Wildman–Crippen LogP) is 7.40. The lowest BCUT2D eigenvalue weighted by atomic mass is 10.1. The van der Waals surface area contributed by atoms with Crippen molar-refractivity contribution >= 4 is 46.9 Å². The molecule has 8 nitrogen and oxygen atoms in total. The molecular weight excluding hydrogens is 586 g/mol. The Bertz CT molecular complexity index is 1620. The molecule has 9 heteroatoms. The molecule has 3 N–H and O–H groups in total. The zero-order chi connectivity index (χ0) is 32.0. The van der Waals surface area contributed by atoms with Crippen LogP contribution in [0.15, 0.2) is 114 Å². The van der Waals surface area contributed by atoms with Gasteiger partial charge in [-0.1, -0.05) is 49.4 Å². The summed E-state index contributed by atoms with van der Waals surface area (Å²) in [4.78, 5) is 40.6. The number of anilines is 2. The predicted molar refractivity (Wildman–Crippen MR) is 181 cm³/mol. The molecule has 1 atom stereocenters. The molecule has 3 amide bonds. The van der Waals surface area contributed by atoms with Crippen molar-refractivity contribution in [3.05, 3.63) is 120 Å². The van der Waals surface area contributed by atoms with Crippen molar-refractivity contribution in [2.75, 3.05) is 23.8 Å². The quantitative estimate of drug-likeness (QED) is 0.0999. The van der Waals surface area contributed by atoms with Crippen molar-refractivity contribution in [1.29, 1.82) is 0 Å². The molecule has 0 aliphatic carbocycles. The van der Waals surface area contributed by atoms with Gasteiger partial charge in [0.15, 0.2) is 0 Å². The van der Waals surface area contributed by atoms with E-state index in [0.717, 1.165) is 10.6 Å². The average Bonchev–Trinajstić information content (AvgIpc) is 3.05. The van der Waals surface area contributed by atoms with Crippen LogP contribution in [0, 0.1) is 0 Å². The molecule has 0 aliphatic heterocycles. The molecule has 0 aliphatic rings. The lowest BCUT2D eigenvalue weighted by Crippen LogP contribution is -2.30. The molecule has 4 aromatic carbocycles. The maximum atomic E-state index is 13.6. The normalized spacial score (nSPS) is 11.7. The van der Waals surface area contributed by atoms with Gasteiger partial charge in [-0.3, -0.25) is 14.4 Å². The third-order valence-corrected chi connectivity index (χ3v) is 7.87. The van der Waals surface area contributed by atoms with Gasteiger partial charge in [-0.15, -0.1) is 11.8 Å². The Hall–Kier alpha value is -5.02. The number of ether oxygens (including phenoxy) is 2. The van der Waals surface area contributed by atoms with Gasteiger partial charge in [0.25, 0.3) is 11.8 Å². The van der Waals surface area contributed by atoms with E-state index in [0.29, 0.717) is 47.9 Å². The molecule has 0 aromatic heterocycles. The largest absolute Gasteiger partial charge is 0.494 e. The monoisotopic (exact) mass is 623 g/mol. The van der Waals surface area contributed by atoms with Gasteiger partial charge in [-0.25, -0.2) is 0 Å². The van der Waals surface area contributed by atoms with Gasteiger partial charge in [0.1, 0.15) is 17.2 Å². The first-order valence-electron chi connectivity index (χ1n) is 14.8. The Labute approximate surface area is 268 Å². The van der Waals surface area contributed by atoms with E-state index in [4.69, 9.17) is 9.47 Å². The number of carbonyl (C=O) groups is 3. The zero-order valence-electron chi connectivity index (χ0n) is 25.5. The van der Waals surface area contributed by atoms with E-state index in [9.17, 15) is 14.4 Å². The van der Waals surface area contributed by atoms with E-state index in [1.54, 1.807) is 48.5 Å². The van der Waals surface area contributed by atoms with Gasteiger partial charge >= 0.3 is 0 Å². The summed E-state index contributed by atoms with van der Waals surface area (Å²) in [6.45, 7) is 6.77. The van der Waals surface area contributed by atoms with Crippen LogP contribution in [0.1, 0.15) is 43.1 Å². The van der Waals surface area contributed by atoms with Crippen LogP contribution in [0.2, 0.25) is 0 Å². The van der Waals surface area contributed by atoms with E-state index in [2.05, 4.69) is 16.0 Å². The van der Waals surface area contributed by atoms with Gasteiger partial charge in [-0.2, -0.15) is 0 Å². The fourth-order valence-electron chi connectivity index (χ4n) is 4.34. The van der Waals surface area contributed by atoms with Crippen LogP contribution < -0.4 is 25.4 Å². The zero-order valence-corrected chi connectivity index (χ0v) is 26.4. The van der Waals surface area contributed by atoms with Crippen molar-refractivity contribution in [3.63, 3.8) is 0 Å². The number of benzene rings is 4. The number of para-hydroxylation sites is 1. The molecule has 0 fully saturated rings. The number of hydrogen-bond donors (Lipinski definition) is 3. The van der Waals surface area contributed by atoms with Crippen LogP contribution in [-0.4, -0.2) is 36.2 Å². The summed E-state index contributed by atoms with van der Waals surface area (Å²) >= 11 is 1.41.